The average molecular weight is 209 g/mol. The van der Waals surface area contributed by atoms with Crippen LogP contribution >= 0.6 is 0 Å². The Kier molecular flexibility index (Phi) is 9.87. The Morgan fingerprint density at radius 3 is 1.33 bits per heavy atom. The van der Waals surface area contributed by atoms with Gasteiger partial charge in [-0.25, -0.2) is 0 Å². The molecule has 0 aromatic heterocycles. The summed E-state index contributed by atoms with van der Waals surface area (Å²) in [5.74, 6) is -0.669. The molecule has 0 bridgehead atoms. The molecule has 0 N–H and O–H groups in total. The number of carbonyl (C=O) groups is 3. The van der Waals surface area contributed by atoms with E-state index in [4.69, 9.17) is 3.67 Å². The van der Waals surface area contributed by atoms with Crippen molar-refractivity contribution in [3.8, 4) is 0 Å². The zero-order valence-electron chi connectivity index (χ0n) is 6.99. The molecule has 67 valence electrons. The molecule has 0 aliphatic rings. The predicted octanol–water partition coefficient (Wildman–Crippen LogP) is 0.392. The van der Waals surface area contributed by atoms with Crippen molar-refractivity contribution in [3.63, 3.8) is 0 Å². The van der Waals surface area contributed by atoms with E-state index in [1.54, 1.807) is 0 Å². The molecule has 0 radical (unpaired) electrons. The van der Waals surface area contributed by atoms with Gasteiger partial charge in [-0.05, 0) is 13.8 Å². The Hall–Kier alpha value is -0.606. The molecule has 0 fully saturated rings. The molecule has 0 rings (SSSR count). The van der Waals surface area contributed by atoms with E-state index in [0.717, 1.165) is 17.4 Å². The summed E-state index contributed by atoms with van der Waals surface area (Å²) in [6.45, 7) is 2.66. The summed E-state index contributed by atoms with van der Waals surface area (Å²) in [6.07, 6.45) is -0.223. The SMILES string of the molecule is CC(=O)CC(=O)CC(C)=O.[O]=[V]. The number of rotatable bonds is 4. The van der Waals surface area contributed by atoms with Gasteiger partial charge in [0.05, 0.1) is 12.8 Å². The Balaban J connectivity index is 0. The fourth-order valence-electron chi connectivity index (χ4n) is 0.618. The minimum absolute atomic E-state index is 0.112. The van der Waals surface area contributed by atoms with Crippen molar-refractivity contribution >= 4 is 17.3 Å². The van der Waals surface area contributed by atoms with Gasteiger partial charge in [0.15, 0.2) is 0 Å². The van der Waals surface area contributed by atoms with Crippen LogP contribution in [0.5, 0.6) is 0 Å². The van der Waals surface area contributed by atoms with Crippen LogP contribution in [0, 0.1) is 0 Å². The molecule has 0 amide bonds. The molecule has 0 saturated heterocycles. The summed E-state index contributed by atoms with van der Waals surface area (Å²) in [5.41, 5.74) is 0. The average Bonchev–Trinajstić information content (AvgIpc) is 1.87. The van der Waals surface area contributed by atoms with Crippen molar-refractivity contribution in [2.24, 2.45) is 0 Å². The molecule has 0 unspecified atom stereocenters. The second-order valence-corrected chi connectivity index (χ2v) is 2.30. The zero-order valence-corrected chi connectivity index (χ0v) is 8.39. The summed E-state index contributed by atoms with van der Waals surface area (Å²) < 4.78 is 8.19. The Labute approximate surface area is 79.9 Å². The monoisotopic (exact) mass is 209 g/mol. The van der Waals surface area contributed by atoms with Crippen LogP contribution in [-0.2, 0) is 35.4 Å². The molecule has 5 heteroatoms. The third kappa shape index (κ3) is 12.1. The first-order valence-electron chi connectivity index (χ1n) is 3.21. The van der Waals surface area contributed by atoms with Crippen molar-refractivity contribution in [3.05, 3.63) is 0 Å². The van der Waals surface area contributed by atoms with E-state index in [2.05, 4.69) is 0 Å². The van der Waals surface area contributed by atoms with Crippen molar-refractivity contribution < 1.29 is 35.4 Å². The molecule has 0 aromatic carbocycles. The van der Waals surface area contributed by atoms with Crippen LogP contribution in [0.2, 0.25) is 0 Å². The standard InChI is InChI=1S/C7H10O3.O.V/c1-5(8)3-7(10)4-6(2)9;;/h3-4H2,1-2H3;;. The molecule has 0 atom stereocenters. The van der Waals surface area contributed by atoms with Gasteiger partial charge in [-0.2, -0.15) is 0 Å². The van der Waals surface area contributed by atoms with Crippen LogP contribution in [0.25, 0.3) is 0 Å². The van der Waals surface area contributed by atoms with Crippen LogP contribution in [0.3, 0.4) is 0 Å². The fraction of sp³-hybridized carbons (Fsp3) is 0.571. The van der Waals surface area contributed by atoms with Gasteiger partial charge in [0.1, 0.15) is 17.3 Å². The first-order valence-corrected chi connectivity index (χ1v) is 3.78. The molecule has 0 aliphatic heterocycles. The predicted molar refractivity (Wildman–Crippen MR) is 36.3 cm³/mol. The number of Topliss-reactive ketones (excluding diaryl/α,β-unsaturated/α-hetero) is 3. The van der Waals surface area contributed by atoms with Crippen molar-refractivity contribution in [1.29, 1.82) is 0 Å². The third-order valence-electron chi connectivity index (χ3n) is 0.892. The van der Waals surface area contributed by atoms with E-state index in [-0.39, 0.29) is 30.2 Å². The summed E-state index contributed by atoms with van der Waals surface area (Å²) in [4.78, 5) is 31.2. The van der Waals surface area contributed by atoms with Gasteiger partial charge in [-0.15, -0.1) is 0 Å². The summed E-state index contributed by atoms with van der Waals surface area (Å²) in [5, 5.41) is 0. The van der Waals surface area contributed by atoms with Crippen LogP contribution in [0.1, 0.15) is 26.7 Å². The molecule has 0 heterocycles. The molecule has 12 heavy (non-hydrogen) atoms. The van der Waals surface area contributed by atoms with Crippen LogP contribution < -0.4 is 0 Å². The number of hydrogen-bond donors (Lipinski definition) is 0. The molecule has 4 nitrogen and oxygen atoms in total. The first-order chi connectivity index (χ1) is 5.52. The number of hydrogen-bond acceptors (Lipinski definition) is 4. The first kappa shape index (κ1) is 13.9. The summed E-state index contributed by atoms with van der Waals surface area (Å²) in [7, 11) is 0. The van der Waals surface area contributed by atoms with Crippen LogP contribution in [0.4, 0.5) is 0 Å². The molecule has 0 aliphatic carbocycles. The molecular weight excluding hydrogens is 199 g/mol. The van der Waals surface area contributed by atoms with Crippen molar-refractivity contribution in [1.82, 2.24) is 0 Å². The van der Waals surface area contributed by atoms with Crippen molar-refractivity contribution in [2.75, 3.05) is 0 Å². The zero-order chi connectivity index (χ0) is 10.1. The van der Waals surface area contributed by atoms with Gasteiger partial charge in [-0.1, -0.05) is 0 Å². The van der Waals surface area contributed by atoms with Gasteiger partial charge in [0.2, 0.25) is 0 Å². The van der Waals surface area contributed by atoms with E-state index in [1.807, 2.05) is 0 Å². The minimum atomic E-state index is -0.292. The second-order valence-electron chi connectivity index (χ2n) is 2.30. The molecule has 0 saturated carbocycles. The molecular formula is C7H10O4V. The van der Waals surface area contributed by atoms with E-state index in [1.165, 1.54) is 13.8 Å². The van der Waals surface area contributed by atoms with Gasteiger partial charge in [-0.3, -0.25) is 14.4 Å². The van der Waals surface area contributed by atoms with Crippen LogP contribution in [-0.4, -0.2) is 17.3 Å². The topological polar surface area (TPSA) is 68.3 Å². The Bertz CT molecular complexity index is 170. The third-order valence-corrected chi connectivity index (χ3v) is 0.892. The van der Waals surface area contributed by atoms with Gasteiger partial charge in [0, 0.05) is 0 Å². The normalized spacial score (nSPS) is 7.75. The quantitative estimate of drug-likeness (QED) is 0.628. The Morgan fingerprint density at radius 2 is 1.17 bits per heavy atom. The second kappa shape index (κ2) is 8.49. The van der Waals surface area contributed by atoms with Gasteiger partial charge < -0.3 is 0 Å². The molecule has 0 aromatic rings. The Morgan fingerprint density at radius 1 is 0.917 bits per heavy atom. The fourth-order valence-corrected chi connectivity index (χ4v) is 0.618. The van der Waals surface area contributed by atoms with Crippen LogP contribution in [0.15, 0.2) is 0 Å². The van der Waals surface area contributed by atoms with E-state index in [9.17, 15) is 14.4 Å². The van der Waals surface area contributed by atoms with E-state index < -0.39 is 0 Å². The van der Waals surface area contributed by atoms with E-state index >= 15 is 0 Å². The van der Waals surface area contributed by atoms with E-state index in [0.29, 0.717) is 0 Å². The summed E-state index contributed by atoms with van der Waals surface area (Å²) in [6, 6.07) is 0. The van der Waals surface area contributed by atoms with Gasteiger partial charge in [0.25, 0.3) is 0 Å². The number of carbonyl (C=O) groups excluding carboxylic acids is 3. The van der Waals surface area contributed by atoms with Crippen molar-refractivity contribution in [2.45, 2.75) is 26.7 Å². The maximum atomic E-state index is 10.6. The van der Waals surface area contributed by atoms with Gasteiger partial charge >= 0.3 is 21.0 Å². The number of ketones is 3. The maximum absolute atomic E-state index is 10.6. The summed E-state index contributed by atoms with van der Waals surface area (Å²) >= 11 is 1.06. The molecule has 0 spiro atoms.